The van der Waals surface area contributed by atoms with Crippen LogP contribution in [0.2, 0.25) is 0 Å². The average Bonchev–Trinajstić information content (AvgIpc) is 2.37. The van der Waals surface area contributed by atoms with Gasteiger partial charge < -0.3 is 9.84 Å². The van der Waals surface area contributed by atoms with E-state index in [0.717, 1.165) is 19.4 Å². The third-order valence-corrected chi connectivity index (χ3v) is 2.22. The van der Waals surface area contributed by atoms with E-state index in [1.165, 1.54) is 0 Å². The highest BCUT2D eigenvalue weighted by atomic mass is 79.9. The third kappa shape index (κ3) is 1.92. The molecule has 0 aromatic carbocycles. The predicted octanol–water partition coefficient (Wildman–Crippen LogP) is 0.921. The first-order valence-corrected chi connectivity index (χ1v) is 4.32. The van der Waals surface area contributed by atoms with E-state index in [1.807, 2.05) is 0 Å². The maximum absolute atomic E-state index is 9.19. The van der Waals surface area contributed by atoms with Gasteiger partial charge in [0.1, 0.15) is 0 Å². The lowest BCUT2D eigenvalue weighted by atomic mass is 10.2. The van der Waals surface area contributed by atoms with Crippen LogP contribution in [-0.2, 0) is 4.74 Å². The van der Waals surface area contributed by atoms with E-state index in [9.17, 15) is 5.11 Å². The molecule has 0 aromatic heterocycles. The molecule has 1 saturated heterocycles. The molecule has 2 atom stereocenters. The van der Waals surface area contributed by atoms with Crippen LogP contribution in [-0.4, -0.2) is 29.3 Å². The number of alkyl halides is 1. The van der Waals surface area contributed by atoms with Gasteiger partial charge in [-0.1, -0.05) is 15.9 Å². The van der Waals surface area contributed by atoms with Crippen LogP contribution in [0, 0.1) is 0 Å². The monoisotopic (exact) mass is 194 g/mol. The molecule has 1 rings (SSSR count). The molecule has 0 amide bonds. The highest BCUT2D eigenvalue weighted by Crippen LogP contribution is 2.16. The Bertz CT molecular complexity index is 81.1. The summed E-state index contributed by atoms with van der Waals surface area (Å²) in [5, 5.41) is 9.81. The fourth-order valence-electron chi connectivity index (χ4n) is 1.01. The van der Waals surface area contributed by atoms with Crippen molar-refractivity contribution in [3.8, 4) is 0 Å². The Balaban J connectivity index is 2.24. The highest BCUT2D eigenvalue weighted by molar-refractivity contribution is 9.09. The van der Waals surface area contributed by atoms with Gasteiger partial charge in [-0.25, -0.2) is 0 Å². The molecular formula is C6H11BrO2. The molecular weight excluding hydrogens is 184 g/mol. The molecule has 1 N–H and O–H groups in total. The van der Waals surface area contributed by atoms with Crippen molar-refractivity contribution in [3.05, 3.63) is 0 Å². The molecule has 0 aliphatic carbocycles. The van der Waals surface area contributed by atoms with Crippen molar-refractivity contribution in [2.45, 2.75) is 25.0 Å². The molecule has 1 fully saturated rings. The van der Waals surface area contributed by atoms with Gasteiger partial charge >= 0.3 is 0 Å². The number of halogens is 1. The van der Waals surface area contributed by atoms with E-state index in [4.69, 9.17) is 4.74 Å². The Morgan fingerprint density at radius 3 is 3.00 bits per heavy atom. The van der Waals surface area contributed by atoms with Gasteiger partial charge in [0, 0.05) is 11.9 Å². The van der Waals surface area contributed by atoms with Crippen LogP contribution < -0.4 is 0 Å². The molecule has 1 aliphatic rings. The zero-order valence-electron chi connectivity index (χ0n) is 5.22. The van der Waals surface area contributed by atoms with Gasteiger partial charge in [-0.2, -0.15) is 0 Å². The Morgan fingerprint density at radius 1 is 1.78 bits per heavy atom. The number of hydrogen-bond acceptors (Lipinski definition) is 2. The molecule has 0 bridgehead atoms. The molecule has 1 heterocycles. The summed E-state index contributed by atoms with van der Waals surface area (Å²) in [6.45, 7) is 0.814. The van der Waals surface area contributed by atoms with Crippen LogP contribution in [0.5, 0.6) is 0 Å². The summed E-state index contributed by atoms with van der Waals surface area (Å²) in [4.78, 5) is 0. The van der Waals surface area contributed by atoms with Gasteiger partial charge in [0.15, 0.2) is 0 Å². The van der Waals surface area contributed by atoms with Gasteiger partial charge in [-0.05, 0) is 12.8 Å². The van der Waals surface area contributed by atoms with E-state index >= 15 is 0 Å². The Hall–Kier alpha value is 0.400. The van der Waals surface area contributed by atoms with Gasteiger partial charge in [-0.15, -0.1) is 0 Å². The zero-order chi connectivity index (χ0) is 6.69. The molecule has 0 aromatic rings. The summed E-state index contributed by atoms with van der Waals surface area (Å²) in [5.74, 6) is 0. The first kappa shape index (κ1) is 7.51. The SMILES string of the molecule is O[C@@H](CBr)C1CCCO1. The van der Waals surface area contributed by atoms with Crippen molar-refractivity contribution in [1.82, 2.24) is 0 Å². The average molecular weight is 195 g/mol. The molecule has 9 heavy (non-hydrogen) atoms. The fraction of sp³-hybridized carbons (Fsp3) is 1.00. The minimum absolute atomic E-state index is 0.0874. The lowest BCUT2D eigenvalue weighted by molar-refractivity contribution is 0.0116. The van der Waals surface area contributed by atoms with Crippen molar-refractivity contribution >= 4 is 15.9 Å². The standard InChI is InChI=1S/C6H11BrO2/c7-4-5(8)6-2-1-3-9-6/h5-6,8H,1-4H2/t5-,6?/m0/s1. The maximum atomic E-state index is 9.19. The van der Waals surface area contributed by atoms with Gasteiger partial charge in [0.2, 0.25) is 0 Å². The minimum Gasteiger partial charge on any atom is -0.390 e. The van der Waals surface area contributed by atoms with E-state index in [0.29, 0.717) is 5.33 Å². The summed E-state index contributed by atoms with van der Waals surface area (Å²) in [6.07, 6.45) is 1.87. The number of ether oxygens (including phenoxy) is 1. The van der Waals surface area contributed by atoms with Crippen molar-refractivity contribution < 1.29 is 9.84 Å². The highest BCUT2D eigenvalue weighted by Gasteiger charge is 2.22. The van der Waals surface area contributed by atoms with Crippen molar-refractivity contribution in [3.63, 3.8) is 0 Å². The summed E-state index contributed by atoms with van der Waals surface area (Å²) in [7, 11) is 0. The van der Waals surface area contributed by atoms with Crippen molar-refractivity contribution in [2.75, 3.05) is 11.9 Å². The smallest absolute Gasteiger partial charge is 0.0898 e. The lowest BCUT2D eigenvalue weighted by Gasteiger charge is -2.13. The molecule has 0 saturated carbocycles. The Morgan fingerprint density at radius 2 is 2.56 bits per heavy atom. The molecule has 2 nitrogen and oxygen atoms in total. The second-order valence-corrected chi connectivity index (χ2v) is 2.92. The molecule has 0 spiro atoms. The zero-order valence-corrected chi connectivity index (χ0v) is 6.80. The number of hydrogen-bond donors (Lipinski definition) is 1. The predicted molar refractivity (Wildman–Crippen MR) is 38.8 cm³/mol. The molecule has 1 aliphatic heterocycles. The molecule has 1 unspecified atom stereocenters. The number of aliphatic hydroxyl groups is 1. The topological polar surface area (TPSA) is 29.5 Å². The second-order valence-electron chi connectivity index (χ2n) is 2.27. The number of rotatable bonds is 2. The van der Waals surface area contributed by atoms with Gasteiger partial charge in [-0.3, -0.25) is 0 Å². The summed E-state index contributed by atoms with van der Waals surface area (Å²) >= 11 is 3.19. The largest absolute Gasteiger partial charge is 0.390 e. The summed E-state index contributed by atoms with van der Waals surface area (Å²) in [5.41, 5.74) is 0. The summed E-state index contributed by atoms with van der Waals surface area (Å²) in [6, 6.07) is 0. The Kier molecular flexibility index (Phi) is 2.95. The van der Waals surface area contributed by atoms with Crippen LogP contribution in [0.3, 0.4) is 0 Å². The van der Waals surface area contributed by atoms with E-state index in [1.54, 1.807) is 0 Å². The molecule has 54 valence electrons. The van der Waals surface area contributed by atoms with E-state index in [-0.39, 0.29) is 12.2 Å². The Labute approximate surface area is 63.3 Å². The molecule has 0 radical (unpaired) electrons. The van der Waals surface area contributed by atoms with Crippen LogP contribution in [0.25, 0.3) is 0 Å². The van der Waals surface area contributed by atoms with Gasteiger partial charge in [0.05, 0.1) is 12.2 Å². The van der Waals surface area contributed by atoms with Crippen molar-refractivity contribution in [1.29, 1.82) is 0 Å². The normalized spacial score (nSPS) is 30.7. The lowest BCUT2D eigenvalue weighted by Crippen LogP contribution is -2.26. The van der Waals surface area contributed by atoms with E-state index < -0.39 is 0 Å². The maximum Gasteiger partial charge on any atom is 0.0898 e. The van der Waals surface area contributed by atoms with E-state index in [2.05, 4.69) is 15.9 Å². The molecule has 3 heteroatoms. The second kappa shape index (κ2) is 3.54. The fourth-order valence-corrected chi connectivity index (χ4v) is 1.42. The number of aliphatic hydroxyl groups excluding tert-OH is 1. The van der Waals surface area contributed by atoms with Crippen molar-refractivity contribution in [2.24, 2.45) is 0 Å². The van der Waals surface area contributed by atoms with Crippen LogP contribution >= 0.6 is 15.9 Å². The first-order chi connectivity index (χ1) is 4.34. The first-order valence-electron chi connectivity index (χ1n) is 3.20. The van der Waals surface area contributed by atoms with Crippen LogP contribution in [0.1, 0.15) is 12.8 Å². The third-order valence-electron chi connectivity index (χ3n) is 1.55. The minimum atomic E-state index is -0.313. The summed E-state index contributed by atoms with van der Waals surface area (Å²) < 4.78 is 5.23. The quantitative estimate of drug-likeness (QED) is 0.664. The van der Waals surface area contributed by atoms with Crippen LogP contribution in [0.4, 0.5) is 0 Å². The van der Waals surface area contributed by atoms with Crippen LogP contribution in [0.15, 0.2) is 0 Å². The van der Waals surface area contributed by atoms with Gasteiger partial charge in [0.25, 0.3) is 0 Å².